The molecule has 14 heavy (non-hydrogen) atoms. The SMILES string of the molecule is CC1OCCC1N(C)CCC1CNC1. The molecule has 0 aliphatic carbocycles. The molecular formula is C11H22N2O. The summed E-state index contributed by atoms with van der Waals surface area (Å²) in [5, 5.41) is 3.32. The number of hydrogen-bond acceptors (Lipinski definition) is 3. The molecule has 2 saturated heterocycles. The van der Waals surface area contributed by atoms with Crippen LogP contribution in [0.3, 0.4) is 0 Å². The summed E-state index contributed by atoms with van der Waals surface area (Å²) in [5.74, 6) is 0.926. The van der Waals surface area contributed by atoms with Crippen LogP contribution in [0, 0.1) is 5.92 Å². The molecule has 2 aliphatic heterocycles. The lowest BCUT2D eigenvalue weighted by molar-refractivity contribution is 0.0806. The molecule has 0 amide bonds. The van der Waals surface area contributed by atoms with E-state index in [9.17, 15) is 0 Å². The Morgan fingerprint density at radius 3 is 2.71 bits per heavy atom. The first kappa shape index (κ1) is 10.4. The van der Waals surface area contributed by atoms with Gasteiger partial charge in [-0.2, -0.15) is 0 Å². The summed E-state index contributed by atoms with van der Waals surface area (Å²) in [7, 11) is 2.24. The van der Waals surface area contributed by atoms with Crippen LogP contribution in [0.1, 0.15) is 19.8 Å². The van der Waals surface area contributed by atoms with E-state index >= 15 is 0 Å². The molecule has 82 valence electrons. The second-order valence-electron chi connectivity index (χ2n) is 4.73. The van der Waals surface area contributed by atoms with Crippen LogP contribution in [0.25, 0.3) is 0 Å². The molecular weight excluding hydrogens is 176 g/mol. The zero-order chi connectivity index (χ0) is 9.97. The third-order valence-electron chi connectivity index (χ3n) is 3.66. The molecule has 0 radical (unpaired) electrons. The Bertz CT molecular complexity index is 182. The monoisotopic (exact) mass is 198 g/mol. The first-order valence-corrected chi connectivity index (χ1v) is 5.80. The Labute approximate surface area is 86.8 Å². The van der Waals surface area contributed by atoms with Crippen molar-refractivity contribution in [3.05, 3.63) is 0 Å². The van der Waals surface area contributed by atoms with Gasteiger partial charge in [-0.15, -0.1) is 0 Å². The van der Waals surface area contributed by atoms with Gasteiger partial charge in [0, 0.05) is 12.6 Å². The van der Waals surface area contributed by atoms with Gasteiger partial charge in [0.15, 0.2) is 0 Å². The summed E-state index contributed by atoms with van der Waals surface area (Å²) in [4.78, 5) is 2.48. The molecule has 3 heteroatoms. The highest BCUT2D eigenvalue weighted by Gasteiger charge is 2.28. The Morgan fingerprint density at radius 1 is 1.43 bits per heavy atom. The van der Waals surface area contributed by atoms with Crippen molar-refractivity contribution in [3.8, 4) is 0 Å². The van der Waals surface area contributed by atoms with Crippen LogP contribution in [-0.2, 0) is 4.74 Å². The van der Waals surface area contributed by atoms with Gasteiger partial charge in [0.25, 0.3) is 0 Å². The van der Waals surface area contributed by atoms with Gasteiger partial charge in [0.05, 0.1) is 6.10 Å². The van der Waals surface area contributed by atoms with Gasteiger partial charge >= 0.3 is 0 Å². The van der Waals surface area contributed by atoms with Crippen LogP contribution in [0.2, 0.25) is 0 Å². The van der Waals surface area contributed by atoms with E-state index in [-0.39, 0.29) is 0 Å². The minimum Gasteiger partial charge on any atom is -0.377 e. The maximum atomic E-state index is 5.58. The van der Waals surface area contributed by atoms with E-state index in [1.54, 1.807) is 0 Å². The predicted octanol–water partition coefficient (Wildman–Crippen LogP) is 0.705. The van der Waals surface area contributed by atoms with Crippen molar-refractivity contribution in [2.45, 2.75) is 31.9 Å². The molecule has 1 N–H and O–H groups in total. The maximum Gasteiger partial charge on any atom is 0.0702 e. The molecule has 0 bridgehead atoms. The molecule has 0 aromatic rings. The van der Waals surface area contributed by atoms with Gasteiger partial charge in [-0.25, -0.2) is 0 Å². The van der Waals surface area contributed by atoms with E-state index in [2.05, 4.69) is 24.2 Å². The third kappa shape index (κ3) is 2.27. The number of rotatable bonds is 4. The van der Waals surface area contributed by atoms with E-state index in [0.29, 0.717) is 12.1 Å². The summed E-state index contributed by atoms with van der Waals surface area (Å²) >= 11 is 0. The van der Waals surface area contributed by atoms with Crippen molar-refractivity contribution in [2.24, 2.45) is 5.92 Å². The molecule has 0 saturated carbocycles. The van der Waals surface area contributed by atoms with Crippen molar-refractivity contribution >= 4 is 0 Å². The first-order valence-electron chi connectivity index (χ1n) is 5.80. The first-order chi connectivity index (χ1) is 6.77. The molecule has 2 atom stereocenters. The van der Waals surface area contributed by atoms with Gasteiger partial charge in [-0.1, -0.05) is 0 Å². The Balaban J connectivity index is 1.68. The van der Waals surface area contributed by atoms with E-state index < -0.39 is 0 Å². The molecule has 3 nitrogen and oxygen atoms in total. The largest absolute Gasteiger partial charge is 0.377 e. The fourth-order valence-electron chi connectivity index (χ4n) is 2.40. The van der Waals surface area contributed by atoms with Crippen LogP contribution in [0.5, 0.6) is 0 Å². The fourth-order valence-corrected chi connectivity index (χ4v) is 2.40. The molecule has 2 aliphatic rings. The summed E-state index contributed by atoms with van der Waals surface area (Å²) in [6.45, 7) is 6.82. The molecule has 0 aromatic carbocycles. The topological polar surface area (TPSA) is 24.5 Å². The zero-order valence-corrected chi connectivity index (χ0v) is 9.33. The number of ether oxygens (including phenoxy) is 1. The van der Waals surface area contributed by atoms with E-state index in [1.165, 1.54) is 32.5 Å². The number of nitrogens with zero attached hydrogens (tertiary/aromatic N) is 1. The number of nitrogens with one attached hydrogen (secondary N) is 1. The van der Waals surface area contributed by atoms with Crippen LogP contribution >= 0.6 is 0 Å². The predicted molar refractivity (Wildman–Crippen MR) is 57.4 cm³/mol. The smallest absolute Gasteiger partial charge is 0.0702 e. The Morgan fingerprint density at radius 2 is 2.21 bits per heavy atom. The average Bonchev–Trinajstić information content (AvgIpc) is 2.48. The highest BCUT2D eigenvalue weighted by molar-refractivity contribution is 4.82. The highest BCUT2D eigenvalue weighted by Crippen LogP contribution is 2.19. The highest BCUT2D eigenvalue weighted by atomic mass is 16.5. The Kier molecular flexibility index (Phi) is 3.42. The van der Waals surface area contributed by atoms with Crippen molar-refractivity contribution < 1.29 is 4.74 Å². The fraction of sp³-hybridized carbons (Fsp3) is 1.00. The summed E-state index contributed by atoms with van der Waals surface area (Å²) in [6.07, 6.45) is 2.98. The molecule has 2 heterocycles. The minimum absolute atomic E-state index is 0.430. The number of likely N-dealkylation sites (N-methyl/N-ethyl adjacent to an activating group) is 1. The van der Waals surface area contributed by atoms with E-state index in [4.69, 9.17) is 4.74 Å². The minimum atomic E-state index is 0.430. The Hall–Kier alpha value is -0.120. The van der Waals surface area contributed by atoms with Crippen LogP contribution in [-0.4, -0.2) is 50.3 Å². The van der Waals surface area contributed by atoms with Crippen LogP contribution in [0.4, 0.5) is 0 Å². The standard InChI is InChI=1S/C11H22N2O/c1-9-11(4-6-14-9)13(2)5-3-10-7-12-8-10/h9-12H,3-8H2,1-2H3. The quantitative estimate of drug-likeness (QED) is 0.720. The normalized spacial score (nSPS) is 33.6. The average molecular weight is 198 g/mol. The molecule has 0 aromatic heterocycles. The molecule has 2 fully saturated rings. The molecule has 0 spiro atoms. The van der Waals surface area contributed by atoms with E-state index in [0.717, 1.165) is 12.5 Å². The van der Waals surface area contributed by atoms with Crippen LogP contribution in [0.15, 0.2) is 0 Å². The second-order valence-corrected chi connectivity index (χ2v) is 4.73. The van der Waals surface area contributed by atoms with Gasteiger partial charge in [-0.05, 0) is 52.4 Å². The van der Waals surface area contributed by atoms with Crippen molar-refractivity contribution in [1.82, 2.24) is 10.2 Å². The summed E-state index contributed by atoms with van der Waals surface area (Å²) in [5.41, 5.74) is 0. The lowest BCUT2D eigenvalue weighted by Crippen LogP contribution is -2.45. The number of hydrogen-bond donors (Lipinski definition) is 1. The van der Waals surface area contributed by atoms with Crippen molar-refractivity contribution in [2.75, 3.05) is 33.3 Å². The van der Waals surface area contributed by atoms with Gasteiger partial charge in [0.2, 0.25) is 0 Å². The van der Waals surface area contributed by atoms with Gasteiger partial charge < -0.3 is 15.0 Å². The summed E-state index contributed by atoms with van der Waals surface area (Å²) in [6, 6.07) is 0.656. The van der Waals surface area contributed by atoms with E-state index in [1.807, 2.05) is 0 Å². The van der Waals surface area contributed by atoms with Gasteiger partial charge in [-0.3, -0.25) is 0 Å². The zero-order valence-electron chi connectivity index (χ0n) is 9.33. The van der Waals surface area contributed by atoms with Gasteiger partial charge in [0.1, 0.15) is 0 Å². The second kappa shape index (κ2) is 4.60. The van der Waals surface area contributed by atoms with Crippen molar-refractivity contribution in [1.29, 1.82) is 0 Å². The summed E-state index contributed by atoms with van der Waals surface area (Å²) < 4.78 is 5.58. The maximum absolute atomic E-state index is 5.58. The molecule has 2 unspecified atom stereocenters. The van der Waals surface area contributed by atoms with Crippen LogP contribution < -0.4 is 5.32 Å². The lowest BCUT2D eigenvalue weighted by Gasteiger charge is -2.32. The molecule has 2 rings (SSSR count). The van der Waals surface area contributed by atoms with Crippen molar-refractivity contribution in [3.63, 3.8) is 0 Å². The third-order valence-corrected chi connectivity index (χ3v) is 3.66. The lowest BCUT2D eigenvalue weighted by atomic mass is 9.98.